The molecule has 128 valence electrons. The van der Waals surface area contributed by atoms with E-state index in [2.05, 4.69) is 17.4 Å². The smallest absolute Gasteiger partial charge is 0.248 e. The molecule has 2 saturated heterocycles. The Morgan fingerprint density at radius 1 is 1.22 bits per heavy atom. The molecule has 2 aliphatic rings. The highest BCUT2D eigenvalue weighted by molar-refractivity contribution is 5.85. The number of likely N-dealkylation sites (N-methyl/N-ethyl adjacent to an activating group) is 1. The second-order valence-corrected chi connectivity index (χ2v) is 6.56. The first-order chi connectivity index (χ1) is 10.7. The Morgan fingerprint density at radius 2 is 1.87 bits per heavy atom. The zero-order valence-corrected chi connectivity index (χ0v) is 14.6. The van der Waals surface area contributed by atoms with Crippen LogP contribution < -0.4 is 5.32 Å². The molecule has 2 bridgehead atoms. The fraction of sp³-hybridized carbons (Fsp3) is 0.611. The molecule has 0 aliphatic carbocycles. The van der Waals surface area contributed by atoms with Crippen LogP contribution in [0.2, 0.25) is 0 Å². The van der Waals surface area contributed by atoms with Gasteiger partial charge in [-0.25, -0.2) is 0 Å². The summed E-state index contributed by atoms with van der Waals surface area (Å²) < 4.78 is 5.57. The van der Waals surface area contributed by atoms with Gasteiger partial charge in [-0.15, -0.1) is 12.4 Å². The van der Waals surface area contributed by atoms with Crippen LogP contribution in [0, 0.1) is 0 Å². The summed E-state index contributed by atoms with van der Waals surface area (Å²) in [5.74, 6) is 0.111. The van der Waals surface area contributed by atoms with Gasteiger partial charge in [0.1, 0.15) is 6.61 Å². The largest absolute Gasteiger partial charge is 0.371 e. The summed E-state index contributed by atoms with van der Waals surface area (Å²) >= 11 is 0. The predicted molar refractivity (Wildman–Crippen MR) is 94.0 cm³/mol. The van der Waals surface area contributed by atoms with Gasteiger partial charge >= 0.3 is 0 Å². The molecule has 2 heterocycles. The molecule has 1 aromatic carbocycles. The fourth-order valence-corrected chi connectivity index (χ4v) is 3.64. The maximum absolute atomic E-state index is 12.3. The van der Waals surface area contributed by atoms with E-state index in [4.69, 9.17) is 4.74 Å². The molecule has 23 heavy (non-hydrogen) atoms. The molecule has 2 atom stereocenters. The molecule has 1 N–H and O–H groups in total. The number of fused-ring (bicyclic) bond motifs is 2. The molecule has 0 aromatic heterocycles. The van der Waals surface area contributed by atoms with Gasteiger partial charge in [-0.1, -0.05) is 30.3 Å². The summed E-state index contributed by atoms with van der Waals surface area (Å²) in [6.07, 6.45) is 5.55. The number of carbonyl (C=O) groups excluding carboxylic acids is 1. The van der Waals surface area contributed by atoms with E-state index in [1.807, 2.05) is 30.1 Å². The standard InChI is InChI=1S/C18H26N2O2.ClH/c1-20(17-11-15-7-8-16(12-17)19-15)18(21)13-22-10-9-14-5-3-2-4-6-14;/h2-6,15-17,19H,7-13H2,1H3;1H. The quantitative estimate of drug-likeness (QED) is 0.810. The maximum atomic E-state index is 12.3. The minimum Gasteiger partial charge on any atom is -0.371 e. The molecule has 5 heteroatoms. The van der Waals surface area contributed by atoms with Gasteiger partial charge in [0.15, 0.2) is 0 Å². The highest BCUT2D eigenvalue weighted by Crippen LogP contribution is 2.29. The number of ether oxygens (including phenoxy) is 1. The van der Waals surface area contributed by atoms with E-state index in [1.54, 1.807) is 0 Å². The minimum absolute atomic E-state index is 0. The number of hydrogen-bond acceptors (Lipinski definition) is 3. The fourth-order valence-electron chi connectivity index (χ4n) is 3.64. The number of nitrogens with zero attached hydrogens (tertiary/aromatic N) is 1. The van der Waals surface area contributed by atoms with Gasteiger partial charge in [-0.05, 0) is 37.7 Å². The van der Waals surface area contributed by atoms with E-state index >= 15 is 0 Å². The van der Waals surface area contributed by atoms with Crippen molar-refractivity contribution in [2.24, 2.45) is 0 Å². The lowest BCUT2D eigenvalue weighted by Gasteiger charge is -2.35. The van der Waals surface area contributed by atoms with Crippen LogP contribution in [0.5, 0.6) is 0 Å². The number of hydrogen-bond donors (Lipinski definition) is 1. The summed E-state index contributed by atoms with van der Waals surface area (Å²) in [6, 6.07) is 11.8. The highest BCUT2D eigenvalue weighted by atomic mass is 35.5. The van der Waals surface area contributed by atoms with Crippen LogP contribution in [0.3, 0.4) is 0 Å². The number of nitrogens with one attached hydrogen (secondary N) is 1. The first kappa shape index (κ1) is 18.2. The average molecular weight is 339 g/mol. The van der Waals surface area contributed by atoms with Gasteiger partial charge in [-0.3, -0.25) is 4.79 Å². The number of amides is 1. The van der Waals surface area contributed by atoms with E-state index < -0.39 is 0 Å². The molecule has 2 fully saturated rings. The van der Waals surface area contributed by atoms with Crippen molar-refractivity contribution >= 4 is 18.3 Å². The number of halogens is 1. The first-order valence-electron chi connectivity index (χ1n) is 8.36. The predicted octanol–water partition coefficient (Wildman–Crippen LogP) is 2.41. The second-order valence-electron chi connectivity index (χ2n) is 6.56. The second kappa shape index (κ2) is 8.67. The zero-order valence-electron chi connectivity index (χ0n) is 13.7. The molecule has 0 spiro atoms. The first-order valence-corrected chi connectivity index (χ1v) is 8.36. The normalized spacial score (nSPS) is 25.7. The number of carbonyl (C=O) groups is 1. The lowest BCUT2D eigenvalue weighted by Crippen LogP contribution is -2.49. The molecular formula is C18H27ClN2O2. The lowest BCUT2D eigenvalue weighted by atomic mass is 9.98. The van der Waals surface area contributed by atoms with E-state index in [0.717, 1.165) is 19.3 Å². The van der Waals surface area contributed by atoms with Crippen LogP contribution in [0.1, 0.15) is 31.2 Å². The topological polar surface area (TPSA) is 41.6 Å². The number of piperidine rings is 1. The summed E-state index contributed by atoms with van der Waals surface area (Å²) in [6.45, 7) is 0.795. The van der Waals surface area contributed by atoms with Gasteiger partial charge in [0.2, 0.25) is 5.91 Å². The summed E-state index contributed by atoms with van der Waals surface area (Å²) in [4.78, 5) is 14.2. The molecule has 0 saturated carbocycles. The molecule has 1 aromatic rings. The van der Waals surface area contributed by atoms with E-state index in [9.17, 15) is 4.79 Å². The van der Waals surface area contributed by atoms with Gasteiger partial charge in [0.25, 0.3) is 0 Å². The van der Waals surface area contributed by atoms with Gasteiger partial charge in [0.05, 0.1) is 6.61 Å². The third-order valence-electron chi connectivity index (χ3n) is 4.99. The molecular weight excluding hydrogens is 312 g/mol. The Labute approximate surface area is 145 Å². The van der Waals surface area contributed by atoms with Crippen LogP contribution in [-0.4, -0.2) is 49.2 Å². The molecule has 1 amide bonds. The summed E-state index contributed by atoms with van der Waals surface area (Å²) in [7, 11) is 1.93. The van der Waals surface area contributed by atoms with Crippen LogP contribution in [0.25, 0.3) is 0 Å². The Balaban J connectivity index is 0.00000192. The van der Waals surface area contributed by atoms with Gasteiger partial charge in [-0.2, -0.15) is 0 Å². The van der Waals surface area contributed by atoms with Crippen molar-refractivity contribution in [1.29, 1.82) is 0 Å². The van der Waals surface area contributed by atoms with E-state index in [1.165, 1.54) is 18.4 Å². The van der Waals surface area contributed by atoms with Crippen LogP contribution in [-0.2, 0) is 16.0 Å². The highest BCUT2D eigenvalue weighted by Gasteiger charge is 2.36. The van der Waals surface area contributed by atoms with Crippen LogP contribution in [0.15, 0.2) is 30.3 Å². The van der Waals surface area contributed by atoms with Crippen LogP contribution >= 0.6 is 12.4 Å². The Hall–Kier alpha value is -1.10. The number of rotatable bonds is 6. The third kappa shape index (κ3) is 4.93. The molecule has 2 unspecified atom stereocenters. The number of benzene rings is 1. The van der Waals surface area contributed by atoms with Crippen molar-refractivity contribution in [2.45, 2.75) is 50.2 Å². The van der Waals surface area contributed by atoms with Crippen molar-refractivity contribution in [2.75, 3.05) is 20.3 Å². The zero-order chi connectivity index (χ0) is 15.4. The van der Waals surface area contributed by atoms with E-state index in [0.29, 0.717) is 24.7 Å². The summed E-state index contributed by atoms with van der Waals surface area (Å²) in [5, 5.41) is 3.62. The molecule has 0 radical (unpaired) electrons. The Bertz CT molecular complexity index is 485. The molecule has 2 aliphatic heterocycles. The minimum atomic E-state index is 0. The van der Waals surface area contributed by atoms with Crippen molar-refractivity contribution in [3.05, 3.63) is 35.9 Å². The molecule has 3 rings (SSSR count). The monoisotopic (exact) mass is 338 g/mol. The van der Waals surface area contributed by atoms with Crippen molar-refractivity contribution in [3.63, 3.8) is 0 Å². The lowest BCUT2D eigenvalue weighted by molar-refractivity contribution is -0.137. The Kier molecular flexibility index (Phi) is 6.88. The van der Waals surface area contributed by atoms with Gasteiger partial charge in [0, 0.05) is 25.2 Å². The van der Waals surface area contributed by atoms with Crippen LogP contribution in [0.4, 0.5) is 0 Å². The van der Waals surface area contributed by atoms with Gasteiger partial charge < -0.3 is 15.0 Å². The van der Waals surface area contributed by atoms with Crippen molar-refractivity contribution in [1.82, 2.24) is 10.2 Å². The molecule has 4 nitrogen and oxygen atoms in total. The SMILES string of the molecule is CN(C(=O)COCCc1ccccc1)C1CC2CCC(C1)N2.Cl. The maximum Gasteiger partial charge on any atom is 0.248 e. The Morgan fingerprint density at radius 3 is 2.52 bits per heavy atom. The average Bonchev–Trinajstić information content (AvgIpc) is 2.89. The third-order valence-corrected chi connectivity index (χ3v) is 4.99. The van der Waals surface area contributed by atoms with E-state index in [-0.39, 0.29) is 24.9 Å². The summed E-state index contributed by atoms with van der Waals surface area (Å²) in [5.41, 5.74) is 1.25. The van der Waals surface area contributed by atoms with Crippen molar-refractivity contribution in [3.8, 4) is 0 Å². The van der Waals surface area contributed by atoms with Crippen molar-refractivity contribution < 1.29 is 9.53 Å².